The Bertz CT molecular complexity index is 546. The van der Waals surface area contributed by atoms with E-state index in [2.05, 4.69) is 82.4 Å². The number of unbranched alkanes of at least 4 members (excludes halogenated alkanes) is 4. The number of nitrogens with zero attached hydrogens (tertiary/aromatic N) is 1. The van der Waals surface area contributed by atoms with Gasteiger partial charge in [-0.05, 0) is 76.0 Å². The monoisotopic (exact) mass is 496 g/mol. The SMILES string of the molecule is C=C(NCCCC/C=C/CCC(C)(S)CC)N(C)CCCCCC1CC(C)C(C)C(CC)S1. The van der Waals surface area contributed by atoms with Crippen LogP contribution >= 0.6 is 24.4 Å². The Balaban J connectivity index is 2.02. The number of hydrogen-bond donors (Lipinski definition) is 2. The van der Waals surface area contributed by atoms with Gasteiger partial charge in [-0.3, -0.25) is 0 Å². The molecule has 5 atom stereocenters. The second kappa shape index (κ2) is 17.2. The molecule has 0 aromatic heterocycles. The molecule has 1 N–H and O–H groups in total. The third kappa shape index (κ3) is 13.4. The fourth-order valence-electron chi connectivity index (χ4n) is 4.67. The molecule has 194 valence electrons. The first-order chi connectivity index (χ1) is 15.7. The summed E-state index contributed by atoms with van der Waals surface area (Å²) in [4.78, 5) is 2.30. The van der Waals surface area contributed by atoms with E-state index in [1.807, 2.05) is 0 Å². The van der Waals surface area contributed by atoms with Crippen LogP contribution in [0.15, 0.2) is 24.6 Å². The molecule has 0 saturated carbocycles. The zero-order chi connectivity index (χ0) is 24.7. The Hall–Kier alpha value is -0.220. The minimum atomic E-state index is 0.185. The number of nitrogens with one attached hydrogen (secondary N) is 1. The van der Waals surface area contributed by atoms with Crippen LogP contribution in [-0.2, 0) is 0 Å². The Kier molecular flexibility index (Phi) is 16.1. The molecular weight excluding hydrogens is 440 g/mol. The topological polar surface area (TPSA) is 15.3 Å². The third-order valence-corrected chi connectivity index (χ3v) is 10.2. The second-order valence-electron chi connectivity index (χ2n) is 10.8. The minimum absolute atomic E-state index is 0.185. The van der Waals surface area contributed by atoms with E-state index in [1.54, 1.807) is 0 Å². The van der Waals surface area contributed by atoms with Gasteiger partial charge in [0, 0.05) is 35.4 Å². The molecule has 33 heavy (non-hydrogen) atoms. The lowest BCUT2D eigenvalue weighted by Gasteiger charge is -2.38. The first-order valence-corrected chi connectivity index (χ1v) is 15.3. The summed E-state index contributed by atoms with van der Waals surface area (Å²) in [7, 11) is 2.18. The average molecular weight is 497 g/mol. The van der Waals surface area contributed by atoms with Crippen LogP contribution in [0.4, 0.5) is 0 Å². The van der Waals surface area contributed by atoms with Gasteiger partial charge in [0.05, 0.1) is 5.82 Å². The van der Waals surface area contributed by atoms with E-state index in [1.165, 1.54) is 57.8 Å². The summed E-state index contributed by atoms with van der Waals surface area (Å²) in [5.41, 5.74) is 0. The van der Waals surface area contributed by atoms with Gasteiger partial charge in [-0.1, -0.05) is 66.2 Å². The summed E-state index contributed by atoms with van der Waals surface area (Å²) in [6.07, 6.45) is 19.9. The molecule has 0 bridgehead atoms. The summed E-state index contributed by atoms with van der Waals surface area (Å²) < 4.78 is 0.185. The number of thioether (sulfide) groups is 1. The molecule has 2 nitrogen and oxygen atoms in total. The van der Waals surface area contributed by atoms with E-state index < -0.39 is 0 Å². The van der Waals surface area contributed by atoms with Crippen molar-refractivity contribution in [3.8, 4) is 0 Å². The number of hydrogen-bond acceptors (Lipinski definition) is 4. The molecule has 1 saturated heterocycles. The highest BCUT2D eigenvalue weighted by molar-refractivity contribution is 8.00. The average Bonchev–Trinajstić information content (AvgIpc) is 2.79. The predicted octanol–water partition coefficient (Wildman–Crippen LogP) is 8.70. The molecule has 0 aromatic rings. The molecule has 0 spiro atoms. The fourth-order valence-corrected chi connectivity index (χ4v) is 6.72. The van der Waals surface area contributed by atoms with Crippen LogP contribution in [0.2, 0.25) is 0 Å². The van der Waals surface area contributed by atoms with Crippen LogP contribution in [0.25, 0.3) is 0 Å². The summed E-state index contributed by atoms with van der Waals surface area (Å²) in [5.74, 6) is 2.86. The lowest BCUT2D eigenvalue weighted by atomic mass is 9.86. The third-order valence-electron chi connectivity index (χ3n) is 7.77. The van der Waals surface area contributed by atoms with E-state index in [4.69, 9.17) is 12.6 Å². The number of thiol groups is 1. The van der Waals surface area contributed by atoms with Gasteiger partial charge < -0.3 is 10.2 Å². The molecule has 0 aromatic carbocycles. The Morgan fingerprint density at radius 3 is 2.55 bits per heavy atom. The Morgan fingerprint density at radius 2 is 1.85 bits per heavy atom. The highest BCUT2D eigenvalue weighted by Crippen LogP contribution is 2.42. The van der Waals surface area contributed by atoms with Crippen molar-refractivity contribution in [2.45, 2.75) is 127 Å². The van der Waals surface area contributed by atoms with Crippen LogP contribution in [0.3, 0.4) is 0 Å². The molecule has 4 heteroatoms. The van der Waals surface area contributed by atoms with Crippen molar-refractivity contribution in [2.75, 3.05) is 20.1 Å². The standard InChI is InChI=1S/C29H56N2S2/c1-8-28-25(4)24(3)23-27(33-28)19-15-14-18-22-31(7)26(5)30-21-17-13-11-10-12-16-20-29(6,32)9-2/h10,12,24-25,27-28,30,32H,5,8-9,11,13-23H2,1-4,6-7H3/b12-10+. The first-order valence-electron chi connectivity index (χ1n) is 13.9. The smallest absolute Gasteiger partial charge is 0.0936 e. The van der Waals surface area contributed by atoms with Gasteiger partial charge in [-0.15, -0.1) is 0 Å². The van der Waals surface area contributed by atoms with E-state index in [0.29, 0.717) is 0 Å². The second-order valence-corrected chi connectivity index (χ2v) is 13.4. The summed E-state index contributed by atoms with van der Waals surface area (Å²) in [5, 5.41) is 5.29. The highest BCUT2D eigenvalue weighted by Gasteiger charge is 2.31. The summed E-state index contributed by atoms with van der Waals surface area (Å²) >= 11 is 6.99. The first kappa shape index (κ1) is 30.8. The highest BCUT2D eigenvalue weighted by atomic mass is 32.2. The van der Waals surface area contributed by atoms with Gasteiger partial charge in [0.1, 0.15) is 0 Å². The van der Waals surface area contributed by atoms with E-state index in [-0.39, 0.29) is 4.75 Å². The van der Waals surface area contributed by atoms with Crippen molar-refractivity contribution in [2.24, 2.45) is 11.8 Å². The molecule has 1 aliphatic heterocycles. The Morgan fingerprint density at radius 1 is 1.12 bits per heavy atom. The van der Waals surface area contributed by atoms with Crippen molar-refractivity contribution in [3.63, 3.8) is 0 Å². The molecule has 0 radical (unpaired) electrons. The predicted molar refractivity (Wildman–Crippen MR) is 157 cm³/mol. The van der Waals surface area contributed by atoms with Gasteiger partial charge in [0.2, 0.25) is 0 Å². The lowest BCUT2D eigenvalue weighted by Crippen LogP contribution is -2.31. The molecule has 1 heterocycles. The maximum absolute atomic E-state index is 4.70. The molecule has 1 rings (SSSR count). The van der Waals surface area contributed by atoms with E-state index in [0.717, 1.165) is 60.5 Å². The van der Waals surface area contributed by atoms with Crippen molar-refractivity contribution in [1.82, 2.24) is 10.2 Å². The zero-order valence-corrected chi connectivity index (χ0v) is 24.6. The van der Waals surface area contributed by atoms with E-state index >= 15 is 0 Å². The minimum Gasteiger partial charge on any atom is -0.372 e. The van der Waals surface area contributed by atoms with Crippen LogP contribution in [0, 0.1) is 11.8 Å². The van der Waals surface area contributed by atoms with Crippen molar-refractivity contribution >= 4 is 24.4 Å². The number of allylic oxidation sites excluding steroid dienone is 2. The molecule has 1 aliphatic rings. The lowest BCUT2D eigenvalue weighted by molar-refractivity contribution is 0.322. The van der Waals surface area contributed by atoms with Crippen LogP contribution < -0.4 is 5.32 Å². The van der Waals surface area contributed by atoms with Crippen LogP contribution in [0.5, 0.6) is 0 Å². The molecule has 5 unspecified atom stereocenters. The van der Waals surface area contributed by atoms with Crippen molar-refractivity contribution in [1.29, 1.82) is 0 Å². The maximum atomic E-state index is 4.70. The zero-order valence-electron chi connectivity index (χ0n) is 22.9. The van der Waals surface area contributed by atoms with Gasteiger partial charge >= 0.3 is 0 Å². The van der Waals surface area contributed by atoms with Crippen LogP contribution in [-0.4, -0.2) is 40.3 Å². The largest absolute Gasteiger partial charge is 0.372 e. The van der Waals surface area contributed by atoms with Gasteiger partial charge in [0.15, 0.2) is 0 Å². The molecule has 1 fully saturated rings. The fraction of sp³-hybridized carbons (Fsp3) is 0.862. The Labute approximate surface area is 217 Å². The van der Waals surface area contributed by atoms with Gasteiger partial charge in [-0.2, -0.15) is 24.4 Å². The maximum Gasteiger partial charge on any atom is 0.0936 e. The van der Waals surface area contributed by atoms with E-state index in [9.17, 15) is 0 Å². The summed E-state index contributed by atoms with van der Waals surface area (Å²) in [6.45, 7) is 18.1. The quantitative estimate of drug-likeness (QED) is 0.112. The molecule has 0 aliphatic carbocycles. The van der Waals surface area contributed by atoms with Crippen LogP contribution in [0.1, 0.15) is 112 Å². The molecular formula is C29H56N2S2. The normalized spacial score (nSPS) is 25.2. The van der Waals surface area contributed by atoms with Gasteiger partial charge in [-0.25, -0.2) is 0 Å². The molecule has 0 amide bonds. The number of rotatable bonds is 18. The van der Waals surface area contributed by atoms with Gasteiger partial charge in [0.25, 0.3) is 0 Å². The van der Waals surface area contributed by atoms with Crippen molar-refractivity contribution in [3.05, 3.63) is 24.6 Å². The van der Waals surface area contributed by atoms with Crippen molar-refractivity contribution < 1.29 is 0 Å². The summed E-state index contributed by atoms with van der Waals surface area (Å²) in [6, 6.07) is 0.